The number of nitrogens with zero attached hydrogens (tertiary/aromatic N) is 1. The fourth-order valence-electron chi connectivity index (χ4n) is 4.21. The van der Waals surface area contributed by atoms with Crippen LogP contribution in [0.5, 0.6) is 11.5 Å². The molecule has 3 N–H and O–H groups in total. The van der Waals surface area contributed by atoms with E-state index in [0.717, 1.165) is 22.2 Å². The van der Waals surface area contributed by atoms with Crippen LogP contribution in [0.15, 0.2) is 84.9 Å². The predicted octanol–water partition coefficient (Wildman–Crippen LogP) is 5.64. The minimum atomic E-state index is -0.859. The quantitative estimate of drug-likeness (QED) is 0.270. The van der Waals surface area contributed by atoms with Gasteiger partial charge in [0.25, 0.3) is 5.91 Å². The maximum atomic E-state index is 14.2. The van der Waals surface area contributed by atoms with E-state index >= 15 is 0 Å². The number of hydrogen-bond acceptors (Lipinski definition) is 4. The van der Waals surface area contributed by atoms with Gasteiger partial charge in [-0.2, -0.15) is 0 Å². The third-order valence-corrected chi connectivity index (χ3v) is 6.07. The molecule has 188 valence electrons. The summed E-state index contributed by atoms with van der Waals surface area (Å²) >= 11 is 0. The lowest BCUT2D eigenvalue weighted by molar-refractivity contribution is 0.0936. The first kappa shape index (κ1) is 24.6. The Bertz CT molecular complexity index is 1660. The maximum Gasteiger partial charge on any atom is 0.270 e. The second-order valence-electron chi connectivity index (χ2n) is 8.78. The molecule has 0 saturated heterocycles. The summed E-state index contributed by atoms with van der Waals surface area (Å²) in [5, 5.41) is 14.4. The lowest BCUT2D eigenvalue weighted by atomic mass is 10.0. The molecule has 0 spiro atoms. The Morgan fingerprint density at radius 2 is 1.76 bits per heavy atom. The van der Waals surface area contributed by atoms with Gasteiger partial charge in [0.2, 0.25) is 0 Å². The summed E-state index contributed by atoms with van der Waals surface area (Å²) in [4.78, 5) is 21.1. The number of pyridine rings is 1. The molecule has 0 bridgehead atoms. The zero-order valence-electron chi connectivity index (χ0n) is 20.7. The van der Waals surface area contributed by atoms with Gasteiger partial charge in [-0.15, -0.1) is 0 Å². The molecule has 0 radical (unpaired) electrons. The van der Waals surface area contributed by atoms with E-state index in [0.29, 0.717) is 17.0 Å². The zero-order valence-corrected chi connectivity index (χ0v) is 20.7. The average molecular weight is 506 g/mol. The molecule has 7 heteroatoms. The van der Waals surface area contributed by atoms with E-state index in [1.54, 1.807) is 26.2 Å². The Labute approximate surface area is 219 Å². The molecular formula is C31H24FN3O3. The van der Waals surface area contributed by atoms with Gasteiger partial charge in [-0.25, -0.2) is 9.37 Å². The number of methoxy groups -OCH3 is 1. The molecule has 5 aromatic rings. The Kier molecular flexibility index (Phi) is 6.79. The van der Waals surface area contributed by atoms with Crippen molar-refractivity contribution in [2.45, 2.75) is 13.0 Å². The number of fused-ring (bicyclic) bond motifs is 1. The van der Waals surface area contributed by atoms with Crippen molar-refractivity contribution in [2.24, 2.45) is 0 Å². The summed E-state index contributed by atoms with van der Waals surface area (Å²) in [6.07, 6.45) is 0. The SMILES string of the molecule is COc1ccc(C#Cc2cc(C)nc(C(=O)NC(c3cc4ccccc4[nH]3)c3cc(F)ccc3O)c2)cc1. The van der Waals surface area contributed by atoms with Gasteiger partial charge < -0.3 is 20.1 Å². The first-order valence-corrected chi connectivity index (χ1v) is 11.9. The number of halogens is 1. The highest BCUT2D eigenvalue weighted by Gasteiger charge is 2.24. The number of para-hydroxylation sites is 1. The van der Waals surface area contributed by atoms with Gasteiger partial charge in [0.1, 0.15) is 23.0 Å². The Morgan fingerprint density at radius 1 is 1.00 bits per heavy atom. The number of carbonyl (C=O) groups is 1. The van der Waals surface area contributed by atoms with Crippen molar-refractivity contribution in [1.29, 1.82) is 0 Å². The highest BCUT2D eigenvalue weighted by molar-refractivity contribution is 5.93. The summed E-state index contributed by atoms with van der Waals surface area (Å²) < 4.78 is 19.4. The number of ether oxygens (including phenoxy) is 1. The van der Waals surface area contributed by atoms with Crippen LogP contribution in [0.1, 0.15) is 44.6 Å². The monoisotopic (exact) mass is 505 g/mol. The van der Waals surface area contributed by atoms with Crippen molar-refractivity contribution in [1.82, 2.24) is 15.3 Å². The molecule has 0 aliphatic rings. The van der Waals surface area contributed by atoms with Crippen molar-refractivity contribution >= 4 is 16.8 Å². The van der Waals surface area contributed by atoms with Crippen molar-refractivity contribution in [3.8, 4) is 23.3 Å². The van der Waals surface area contributed by atoms with E-state index in [1.165, 1.54) is 18.2 Å². The molecule has 1 amide bonds. The number of aromatic hydroxyl groups is 1. The van der Waals surface area contributed by atoms with E-state index in [-0.39, 0.29) is 17.0 Å². The number of amides is 1. The number of phenolic OH excluding ortho intramolecular Hbond substituents is 1. The van der Waals surface area contributed by atoms with Crippen molar-refractivity contribution in [3.05, 3.63) is 125 Å². The molecule has 6 nitrogen and oxygen atoms in total. The number of hydrogen-bond donors (Lipinski definition) is 3. The highest BCUT2D eigenvalue weighted by Crippen LogP contribution is 2.31. The first-order valence-electron chi connectivity index (χ1n) is 11.9. The second-order valence-corrected chi connectivity index (χ2v) is 8.78. The molecule has 1 atom stereocenters. The van der Waals surface area contributed by atoms with Crippen LogP contribution in [0.3, 0.4) is 0 Å². The van der Waals surface area contributed by atoms with E-state index < -0.39 is 17.8 Å². The standard InChI is InChI=1S/C31H24FN3O3/c1-19-15-21(8-7-20-9-12-24(38-2)13-10-20)16-28(33-19)31(37)35-30(25-18-23(32)11-14-29(25)36)27-17-22-5-3-4-6-26(22)34-27/h3-6,9-18,30,34,36H,1-2H3,(H,35,37). The summed E-state index contributed by atoms with van der Waals surface area (Å²) in [5.74, 6) is 5.74. The van der Waals surface area contributed by atoms with E-state index in [2.05, 4.69) is 27.1 Å². The molecule has 3 aromatic carbocycles. The molecule has 5 rings (SSSR count). The van der Waals surface area contributed by atoms with Crippen LogP contribution >= 0.6 is 0 Å². The van der Waals surface area contributed by atoms with Crippen LogP contribution in [0, 0.1) is 24.6 Å². The predicted molar refractivity (Wildman–Crippen MR) is 144 cm³/mol. The van der Waals surface area contributed by atoms with Crippen LogP contribution in [-0.2, 0) is 0 Å². The van der Waals surface area contributed by atoms with Crippen LogP contribution in [-0.4, -0.2) is 28.1 Å². The summed E-state index contributed by atoms with van der Waals surface area (Å²) in [7, 11) is 1.60. The fraction of sp³-hybridized carbons (Fsp3) is 0.0968. The summed E-state index contributed by atoms with van der Waals surface area (Å²) in [6, 6.07) is 23.0. The number of carbonyl (C=O) groups excluding carboxylic acids is 1. The number of H-pyrrole nitrogens is 1. The van der Waals surface area contributed by atoms with Gasteiger partial charge >= 0.3 is 0 Å². The van der Waals surface area contributed by atoms with Gasteiger partial charge in [0.05, 0.1) is 13.2 Å². The number of aryl methyl sites for hydroxylation is 1. The number of benzene rings is 3. The van der Waals surface area contributed by atoms with Crippen LogP contribution in [0.25, 0.3) is 10.9 Å². The normalized spacial score (nSPS) is 11.4. The topological polar surface area (TPSA) is 87.2 Å². The Morgan fingerprint density at radius 3 is 2.53 bits per heavy atom. The third kappa shape index (κ3) is 5.35. The minimum Gasteiger partial charge on any atom is -0.508 e. The summed E-state index contributed by atoms with van der Waals surface area (Å²) in [6.45, 7) is 1.78. The lowest BCUT2D eigenvalue weighted by Gasteiger charge is -2.19. The largest absolute Gasteiger partial charge is 0.508 e. The number of rotatable bonds is 5. The van der Waals surface area contributed by atoms with E-state index in [9.17, 15) is 14.3 Å². The molecule has 38 heavy (non-hydrogen) atoms. The Hall–Kier alpha value is -5.09. The third-order valence-electron chi connectivity index (χ3n) is 6.07. The molecule has 0 aliphatic carbocycles. The van der Waals surface area contributed by atoms with E-state index in [1.807, 2.05) is 54.6 Å². The van der Waals surface area contributed by atoms with Crippen LogP contribution in [0.4, 0.5) is 4.39 Å². The van der Waals surface area contributed by atoms with Gasteiger partial charge in [0, 0.05) is 33.6 Å². The van der Waals surface area contributed by atoms with Crippen LogP contribution < -0.4 is 10.1 Å². The second kappa shape index (κ2) is 10.5. The fourth-order valence-corrected chi connectivity index (χ4v) is 4.21. The molecule has 0 saturated carbocycles. The van der Waals surface area contributed by atoms with Gasteiger partial charge in [-0.05, 0) is 79.0 Å². The van der Waals surface area contributed by atoms with Gasteiger partial charge in [0.15, 0.2) is 0 Å². The first-order chi connectivity index (χ1) is 18.4. The minimum absolute atomic E-state index is 0.140. The maximum absolute atomic E-state index is 14.2. The average Bonchev–Trinajstić information content (AvgIpc) is 3.36. The van der Waals surface area contributed by atoms with Crippen molar-refractivity contribution in [3.63, 3.8) is 0 Å². The van der Waals surface area contributed by atoms with Crippen molar-refractivity contribution in [2.75, 3.05) is 7.11 Å². The number of aromatic amines is 1. The smallest absolute Gasteiger partial charge is 0.270 e. The van der Waals surface area contributed by atoms with Gasteiger partial charge in [-0.1, -0.05) is 30.0 Å². The lowest BCUT2D eigenvalue weighted by Crippen LogP contribution is -2.30. The zero-order chi connectivity index (χ0) is 26.6. The summed E-state index contributed by atoms with van der Waals surface area (Å²) in [5.41, 5.74) is 3.85. The number of phenols is 1. The van der Waals surface area contributed by atoms with Gasteiger partial charge in [-0.3, -0.25) is 4.79 Å². The molecule has 0 fully saturated rings. The molecule has 2 heterocycles. The highest BCUT2D eigenvalue weighted by atomic mass is 19.1. The van der Waals surface area contributed by atoms with E-state index in [4.69, 9.17) is 4.74 Å². The Balaban J connectivity index is 1.48. The molecular weight excluding hydrogens is 481 g/mol. The van der Waals surface area contributed by atoms with Crippen molar-refractivity contribution < 1.29 is 19.0 Å². The number of aromatic nitrogens is 2. The molecule has 2 aromatic heterocycles. The molecule has 0 aliphatic heterocycles. The number of nitrogens with one attached hydrogen (secondary N) is 2. The van der Waals surface area contributed by atoms with Crippen LogP contribution in [0.2, 0.25) is 0 Å². The molecule has 1 unspecified atom stereocenters.